The number of rotatable bonds is 10. The zero-order valence-electron chi connectivity index (χ0n) is 14.0. The predicted molar refractivity (Wildman–Crippen MR) is 89.6 cm³/mol. The fourth-order valence-corrected chi connectivity index (χ4v) is 3.54. The molecule has 1 N–H and O–H groups in total. The van der Waals surface area contributed by atoms with E-state index in [9.17, 15) is 0 Å². The maximum Gasteiger partial charge on any atom is 0.108 e. The zero-order chi connectivity index (χ0) is 14.9. The molecule has 0 amide bonds. The van der Waals surface area contributed by atoms with Gasteiger partial charge in [0, 0.05) is 24.1 Å². The molecule has 0 fully saturated rings. The standard InChI is InChI=1S/C19H33NO/c1-3-5-7-10-16(11-8-6-4-2)20-18-12-9-13-19-17(18)14-15-21-19/h14-16,18,20H,3-13H2,1-2H3. The second kappa shape index (κ2) is 9.30. The number of nitrogens with one attached hydrogen (secondary N) is 1. The fraction of sp³-hybridized carbons (Fsp3) is 0.789. The quantitative estimate of drug-likeness (QED) is 0.553. The summed E-state index contributed by atoms with van der Waals surface area (Å²) in [7, 11) is 0. The van der Waals surface area contributed by atoms with Crippen molar-refractivity contribution in [3.05, 3.63) is 23.7 Å². The van der Waals surface area contributed by atoms with Crippen molar-refractivity contribution in [3.8, 4) is 0 Å². The minimum absolute atomic E-state index is 0.528. The summed E-state index contributed by atoms with van der Waals surface area (Å²) in [5.74, 6) is 1.22. The molecule has 2 heteroatoms. The highest BCUT2D eigenvalue weighted by Crippen LogP contribution is 2.31. The second-order valence-electron chi connectivity index (χ2n) is 6.60. The molecule has 120 valence electrons. The van der Waals surface area contributed by atoms with Crippen LogP contribution in [-0.4, -0.2) is 6.04 Å². The molecule has 2 rings (SSSR count). The molecule has 21 heavy (non-hydrogen) atoms. The molecule has 1 atom stereocenters. The van der Waals surface area contributed by atoms with E-state index in [1.54, 1.807) is 0 Å². The van der Waals surface area contributed by atoms with Gasteiger partial charge in [-0.1, -0.05) is 52.4 Å². The lowest BCUT2D eigenvalue weighted by Crippen LogP contribution is -2.34. The number of hydrogen-bond donors (Lipinski definition) is 1. The minimum atomic E-state index is 0.528. The van der Waals surface area contributed by atoms with Crippen molar-refractivity contribution in [1.82, 2.24) is 5.32 Å². The van der Waals surface area contributed by atoms with Crippen LogP contribution in [0.4, 0.5) is 0 Å². The van der Waals surface area contributed by atoms with Crippen molar-refractivity contribution in [1.29, 1.82) is 0 Å². The highest BCUT2D eigenvalue weighted by atomic mass is 16.3. The number of aryl methyl sites for hydroxylation is 1. The summed E-state index contributed by atoms with van der Waals surface area (Å²) in [6.45, 7) is 4.58. The molecule has 0 aromatic carbocycles. The van der Waals surface area contributed by atoms with Crippen LogP contribution in [0.5, 0.6) is 0 Å². The predicted octanol–water partition coefficient (Wildman–Crippen LogP) is 5.78. The van der Waals surface area contributed by atoms with Crippen molar-refractivity contribution in [2.75, 3.05) is 0 Å². The van der Waals surface area contributed by atoms with Crippen molar-refractivity contribution in [2.24, 2.45) is 0 Å². The minimum Gasteiger partial charge on any atom is -0.469 e. The Labute approximate surface area is 130 Å². The highest BCUT2D eigenvalue weighted by molar-refractivity contribution is 5.24. The first-order valence-electron chi connectivity index (χ1n) is 9.17. The van der Waals surface area contributed by atoms with Gasteiger partial charge in [0.05, 0.1) is 6.26 Å². The first-order valence-corrected chi connectivity index (χ1v) is 9.17. The fourth-order valence-electron chi connectivity index (χ4n) is 3.54. The second-order valence-corrected chi connectivity index (χ2v) is 6.60. The summed E-state index contributed by atoms with van der Waals surface area (Å²) < 4.78 is 5.62. The Balaban J connectivity index is 1.88. The number of furan rings is 1. The maximum absolute atomic E-state index is 5.62. The highest BCUT2D eigenvalue weighted by Gasteiger charge is 2.24. The number of unbranched alkanes of at least 4 members (excludes halogenated alkanes) is 4. The van der Waals surface area contributed by atoms with Gasteiger partial charge in [0.2, 0.25) is 0 Å². The van der Waals surface area contributed by atoms with Crippen LogP contribution < -0.4 is 5.32 Å². The lowest BCUT2D eigenvalue weighted by atomic mass is 9.91. The Morgan fingerprint density at radius 3 is 2.52 bits per heavy atom. The molecule has 1 heterocycles. The molecular weight excluding hydrogens is 258 g/mol. The molecule has 0 aliphatic heterocycles. The van der Waals surface area contributed by atoms with Crippen LogP contribution in [0.15, 0.2) is 16.7 Å². The van der Waals surface area contributed by atoms with Gasteiger partial charge in [-0.25, -0.2) is 0 Å². The summed E-state index contributed by atoms with van der Waals surface area (Å²) in [4.78, 5) is 0. The van der Waals surface area contributed by atoms with Gasteiger partial charge in [-0.2, -0.15) is 0 Å². The van der Waals surface area contributed by atoms with Gasteiger partial charge >= 0.3 is 0 Å². The van der Waals surface area contributed by atoms with Crippen LogP contribution >= 0.6 is 0 Å². The first-order chi connectivity index (χ1) is 10.3. The molecule has 1 aromatic heterocycles. The van der Waals surface area contributed by atoms with Crippen LogP contribution in [0, 0.1) is 0 Å². The largest absolute Gasteiger partial charge is 0.469 e. The van der Waals surface area contributed by atoms with Crippen molar-refractivity contribution < 1.29 is 4.42 Å². The van der Waals surface area contributed by atoms with E-state index < -0.39 is 0 Å². The molecule has 1 aliphatic carbocycles. The molecule has 1 aromatic rings. The molecule has 0 radical (unpaired) electrons. The Morgan fingerprint density at radius 1 is 1.14 bits per heavy atom. The Kier molecular flexibility index (Phi) is 7.35. The van der Waals surface area contributed by atoms with Gasteiger partial charge in [-0.05, 0) is 31.7 Å². The van der Waals surface area contributed by atoms with Crippen LogP contribution in [0.2, 0.25) is 0 Å². The van der Waals surface area contributed by atoms with Crippen molar-refractivity contribution in [3.63, 3.8) is 0 Å². The normalized spacial score (nSPS) is 18.1. The van der Waals surface area contributed by atoms with E-state index in [4.69, 9.17) is 4.42 Å². The average molecular weight is 291 g/mol. The lowest BCUT2D eigenvalue weighted by molar-refractivity contribution is 0.338. The van der Waals surface area contributed by atoms with E-state index in [0.717, 1.165) is 6.42 Å². The average Bonchev–Trinajstić information content (AvgIpc) is 2.97. The zero-order valence-corrected chi connectivity index (χ0v) is 14.0. The van der Waals surface area contributed by atoms with E-state index in [1.807, 2.05) is 6.26 Å². The molecule has 2 nitrogen and oxygen atoms in total. The van der Waals surface area contributed by atoms with Gasteiger partial charge in [-0.15, -0.1) is 0 Å². The van der Waals surface area contributed by atoms with Crippen LogP contribution in [0.25, 0.3) is 0 Å². The van der Waals surface area contributed by atoms with Gasteiger partial charge < -0.3 is 9.73 Å². The molecule has 1 unspecified atom stereocenters. The van der Waals surface area contributed by atoms with E-state index in [1.165, 1.54) is 75.5 Å². The summed E-state index contributed by atoms with van der Waals surface area (Å²) in [6, 6.07) is 3.40. The topological polar surface area (TPSA) is 25.2 Å². The summed E-state index contributed by atoms with van der Waals surface area (Å²) in [6.07, 6.45) is 16.3. The molecule has 0 spiro atoms. The molecule has 0 bridgehead atoms. The van der Waals surface area contributed by atoms with Gasteiger partial charge in [0.15, 0.2) is 0 Å². The monoisotopic (exact) mass is 291 g/mol. The number of fused-ring (bicyclic) bond motifs is 1. The van der Waals surface area contributed by atoms with Gasteiger partial charge in [0.1, 0.15) is 5.76 Å². The van der Waals surface area contributed by atoms with E-state index in [0.29, 0.717) is 12.1 Å². The van der Waals surface area contributed by atoms with Gasteiger partial charge in [0.25, 0.3) is 0 Å². The Hall–Kier alpha value is -0.760. The van der Waals surface area contributed by atoms with Gasteiger partial charge in [-0.3, -0.25) is 0 Å². The summed E-state index contributed by atoms with van der Waals surface area (Å²) in [5, 5.41) is 3.96. The smallest absolute Gasteiger partial charge is 0.108 e. The molecule has 0 saturated heterocycles. The van der Waals surface area contributed by atoms with Crippen molar-refractivity contribution in [2.45, 2.75) is 96.6 Å². The molecule has 0 saturated carbocycles. The number of hydrogen-bond acceptors (Lipinski definition) is 2. The molecule has 1 aliphatic rings. The van der Waals surface area contributed by atoms with E-state index in [-0.39, 0.29) is 0 Å². The van der Waals surface area contributed by atoms with Crippen LogP contribution in [-0.2, 0) is 6.42 Å². The van der Waals surface area contributed by atoms with Crippen LogP contribution in [0.1, 0.15) is 95.4 Å². The van der Waals surface area contributed by atoms with Crippen molar-refractivity contribution >= 4 is 0 Å². The first kappa shape index (κ1) is 16.6. The summed E-state index contributed by atoms with van der Waals surface area (Å²) in [5.41, 5.74) is 1.43. The molecular formula is C19H33NO. The third-order valence-electron chi connectivity index (χ3n) is 4.80. The summed E-state index contributed by atoms with van der Waals surface area (Å²) >= 11 is 0. The Morgan fingerprint density at radius 2 is 1.86 bits per heavy atom. The SMILES string of the molecule is CCCCCC(CCCCC)NC1CCCc2occc21. The van der Waals surface area contributed by atoms with Crippen LogP contribution in [0.3, 0.4) is 0 Å². The Bertz CT molecular complexity index is 375. The third-order valence-corrected chi connectivity index (χ3v) is 4.80. The maximum atomic E-state index is 5.62. The third kappa shape index (κ3) is 5.18. The van der Waals surface area contributed by atoms with E-state index >= 15 is 0 Å². The van der Waals surface area contributed by atoms with E-state index in [2.05, 4.69) is 25.2 Å². The lowest BCUT2D eigenvalue weighted by Gasteiger charge is -2.28.